The normalized spacial score (nSPS) is 10.8. The first kappa shape index (κ1) is 21.6. The summed E-state index contributed by atoms with van der Waals surface area (Å²) in [5.41, 5.74) is 2.26. The van der Waals surface area contributed by atoms with Gasteiger partial charge in [-0.1, -0.05) is 54.6 Å². The van der Waals surface area contributed by atoms with Crippen molar-refractivity contribution in [2.75, 3.05) is 26.1 Å². The van der Waals surface area contributed by atoms with Crippen molar-refractivity contribution in [3.05, 3.63) is 90.0 Å². The van der Waals surface area contributed by atoms with Crippen LogP contribution >= 0.6 is 0 Å². The number of carbonyl (C=O) groups is 2. The van der Waals surface area contributed by atoms with E-state index < -0.39 is 18.5 Å². The molecule has 0 radical (unpaired) electrons. The minimum atomic E-state index is -0.613. The zero-order chi connectivity index (χ0) is 22.1. The Morgan fingerprint density at radius 3 is 2.35 bits per heavy atom. The zero-order valence-corrected chi connectivity index (χ0v) is 17.3. The Labute approximate surface area is 181 Å². The molecule has 3 rings (SSSR count). The van der Waals surface area contributed by atoms with Gasteiger partial charge in [-0.05, 0) is 29.8 Å². The molecule has 0 aliphatic rings. The van der Waals surface area contributed by atoms with Crippen LogP contribution in [0.3, 0.4) is 0 Å². The summed E-state index contributed by atoms with van der Waals surface area (Å²) in [7, 11) is 3.11. The van der Waals surface area contributed by atoms with Crippen molar-refractivity contribution >= 4 is 29.2 Å². The first-order valence-corrected chi connectivity index (χ1v) is 9.62. The molecule has 1 amide bonds. The van der Waals surface area contributed by atoms with Crippen LogP contribution in [0.5, 0.6) is 11.5 Å². The number of nitrogens with one attached hydrogen (secondary N) is 1. The summed E-state index contributed by atoms with van der Waals surface area (Å²) in [4.78, 5) is 25.1. The summed E-state index contributed by atoms with van der Waals surface area (Å²) in [6.45, 7) is -0.424. The third-order valence-electron chi connectivity index (χ3n) is 4.43. The van der Waals surface area contributed by atoms with Crippen molar-refractivity contribution < 1.29 is 23.8 Å². The number of rotatable bonds is 8. The largest absolute Gasteiger partial charge is 0.497 e. The molecule has 0 spiro atoms. The Morgan fingerprint density at radius 1 is 0.871 bits per heavy atom. The van der Waals surface area contributed by atoms with Crippen LogP contribution in [-0.4, -0.2) is 32.7 Å². The van der Waals surface area contributed by atoms with E-state index in [0.717, 1.165) is 5.56 Å². The van der Waals surface area contributed by atoms with Gasteiger partial charge in [-0.2, -0.15) is 0 Å². The third kappa shape index (κ3) is 5.96. The molecule has 0 bridgehead atoms. The average Bonchev–Trinajstić information content (AvgIpc) is 2.82. The molecule has 3 aromatic rings. The highest BCUT2D eigenvalue weighted by Crippen LogP contribution is 2.25. The molecule has 0 unspecified atom stereocenters. The Kier molecular flexibility index (Phi) is 7.43. The molecule has 0 aliphatic heterocycles. The topological polar surface area (TPSA) is 73.9 Å². The van der Waals surface area contributed by atoms with Gasteiger partial charge in [0.1, 0.15) is 11.5 Å². The maximum atomic E-state index is 12.9. The Hall–Kier alpha value is -4.06. The van der Waals surface area contributed by atoms with Gasteiger partial charge in [0.25, 0.3) is 5.91 Å². The molecule has 0 saturated carbocycles. The zero-order valence-electron chi connectivity index (χ0n) is 17.3. The second-order valence-corrected chi connectivity index (χ2v) is 6.52. The summed E-state index contributed by atoms with van der Waals surface area (Å²) in [5, 5.41) is 2.68. The van der Waals surface area contributed by atoms with Gasteiger partial charge in [-0.3, -0.25) is 4.79 Å². The minimum Gasteiger partial charge on any atom is -0.497 e. The molecule has 0 aromatic heterocycles. The predicted octanol–water partition coefficient (Wildman–Crippen LogP) is 4.43. The first-order chi connectivity index (χ1) is 15.1. The second kappa shape index (κ2) is 10.6. The molecular formula is C25H23NO5. The van der Waals surface area contributed by atoms with E-state index in [4.69, 9.17) is 14.2 Å². The van der Waals surface area contributed by atoms with Gasteiger partial charge in [-0.15, -0.1) is 0 Å². The number of methoxy groups -OCH3 is 2. The van der Waals surface area contributed by atoms with Crippen LogP contribution in [-0.2, 0) is 14.3 Å². The molecule has 1 N–H and O–H groups in total. The molecule has 0 aliphatic carbocycles. The van der Waals surface area contributed by atoms with E-state index in [1.165, 1.54) is 0 Å². The standard InChI is InChI=1S/C25H23NO5/c1-29-21-13-8-12-20(16-21)26-24(27)17-31-25(28)22(18-9-4-3-5-10-18)15-19-11-6-7-14-23(19)30-2/h3-16H,17H2,1-2H3,(H,26,27)/b22-15+. The van der Waals surface area contributed by atoms with Gasteiger partial charge in [0.2, 0.25) is 0 Å². The quantitative estimate of drug-likeness (QED) is 0.334. The summed E-state index contributed by atoms with van der Waals surface area (Å²) in [6.07, 6.45) is 1.69. The van der Waals surface area contributed by atoms with Crippen LogP contribution in [0.15, 0.2) is 78.9 Å². The average molecular weight is 417 g/mol. The van der Waals surface area contributed by atoms with E-state index >= 15 is 0 Å². The van der Waals surface area contributed by atoms with Crippen LogP contribution in [0.4, 0.5) is 5.69 Å². The predicted molar refractivity (Wildman–Crippen MR) is 120 cm³/mol. The number of carbonyl (C=O) groups excluding carboxylic acids is 2. The van der Waals surface area contributed by atoms with Crippen LogP contribution in [0, 0.1) is 0 Å². The van der Waals surface area contributed by atoms with Crippen LogP contribution in [0.25, 0.3) is 11.6 Å². The van der Waals surface area contributed by atoms with Gasteiger partial charge < -0.3 is 19.5 Å². The fourth-order valence-corrected chi connectivity index (χ4v) is 2.93. The van der Waals surface area contributed by atoms with E-state index in [1.807, 2.05) is 36.4 Å². The van der Waals surface area contributed by atoms with Gasteiger partial charge in [0.15, 0.2) is 6.61 Å². The minimum absolute atomic E-state index is 0.319. The van der Waals surface area contributed by atoms with E-state index in [0.29, 0.717) is 28.3 Å². The highest BCUT2D eigenvalue weighted by molar-refractivity contribution is 6.22. The lowest BCUT2D eigenvalue weighted by Crippen LogP contribution is -2.21. The molecule has 6 nitrogen and oxygen atoms in total. The fraction of sp³-hybridized carbons (Fsp3) is 0.120. The summed E-state index contributed by atoms with van der Waals surface area (Å²) in [5.74, 6) is 0.171. The van der Waals surface area contributed by atoms with Crippen LogP contribution in [0.1, 0.15) is 11.1 Å². The molecule has 0 saturated heterocycles. The summed E-state index contributed by atoms with van der Waals surface area (Å²) in [6, 6.07) is 23.4. The number of anilines is 1. The Bertz CT molecular complexity index is 1080. The maximum absolute atomic E-state index is 12.9. The lowest BCUT2D eigenvalue weighted by atomic mass is 10.0. The van der Waals surface area contributed by atoms with Crippen molar-refractivity contribution in [1.29, 1.82) is 0 Å². The molecule has 6 heteroatoms. The van der Waals surface area contributed by atoms with Crippen molar-refractivity contribution in [1.82, 2.24) is 0 Å². The number of ether oxygens (including phenoxy) is 3. The van der Waals surface area contributed by atoms with Gasteiger partial charge in [0.05, 0.1) is 19.8 Å². The maximum Gasteiger partial charge on any atom is 0.339 e. The highest BCUT2D eigenvalue weighted by atomic mass is 16.5. The van der Waals surface area contributed by atoms with E-state index in [2.05, 4.69) is 5.32 Å². The molecule has 31 heavy (non-hydrogen) atoms. The van der Waals surface area contributed by atoms with Crippen molar-refractivity contribution in [2.45, 2.75) is 0 Å². The summed E-state index contributed by atoms with van der Waals surface area (Å²) >= 11 is 0. The number of hydrogen-bond donors (Lipinski definition) is 1. The van der Waals surface area contributed by atoms with Gasteiger partial charge in [0, 0.05) is 17.3 Å². The molecule has 3 aromatic carbocycles. The van der Waals surface area contributed by atoms with Crippen molar-refractivity contribution in [3.63, 3.8) is 0 Å². The second-order valence-electron chi connectivity index (χ2n) is 6.52. The lowest BCUT2D eigenvalue weighted by Gasteiger charge is -2.11. The fourth-order valence-electron chi connectivity index (χ4n) is 2.93. The van der Waals surface area contributed by atoms with Crippen molar-refractivity contribution in [2.24, 2.45) is 0 Å². The molecule has 0 heterocycles. The number of amides is 1. The number of esters is 1. The highest BCUT2D eigenvalue weighted by Gasteiger charge is 2.16. The van der Waals surface area contributed by atoms with Crippen molar-refractivity contribution in [3.8, 4) is 11.5 Å². The van der Waals surface area contributed by atoms with Crippen LogP contribution < -0.4 is 14.8 Å². The van der Waals surface area contributed by atoms with E-state index in [1.54, 1.807) is 62.8 Å². The number of hydrogen-bond acceptors (Lipinski definition) is 5. The molecule has 158 valence electrons. The molecule has 0 fully saturated rings. The number of para-hydroxylation sites is 1. The third-order valence-corrected chi connectivity index (χ3v) is 4.43. The van der Waals surface area contributed by atoms with Gasteiger partial charge in [-0.25, -0.2) is 4.79 Å². The Balaban J connectivity index is 1.76. The van der Waals surface area contributed by atoms with Crippen LogP contribution in [0.2, 0.25) is 0 Å². The SMILES string of the molecule is COc1cccc(NC(=O)COC(=O)/C(=C/c2ccccc2OC)c2ccccc2)c1. The smallest absolute Gasteiger partial charge is 0.339 e. The van der Waals surface area contributed by atoms with E-state index in [-0.39, 0.29) is 0 Å². The first-order valence-electron chi connectivity index (χ1n) is 9.62. The lowest BCUT2D eigenvalue weighted by molar-refractivity contribution is -0.141. The monoisotopic (exact) mass is 417 g/mol. The van der Waals surface area contributed by atoms with E-state index in [9.17, 15) is 9.59 Å². The molecular weight excluding hydrogens is 394 g/mol. The number of benzene rings is 3. The van der Waals surface area contributed by atoms with Gasteiger partial charge >= 0.3 is 5.97 Å². The Morgan fingerprint density at radius 2 is 1.61 bits per heavy atom. The summed E-state index contributed by atoms with van der Waals surface area (Å²) < 4.78 is 15.8. The molecule has 0 atom stereocenters.